The monoisotopic (exact) mass is 453 g/mol. The van der Waals surface area contributed by atoms with Gasteiger partial charge in [-0.15, -0.1) is 0 Å². The Bertz CT molecular complexity index is 993. The lowest BCUT2D eigenvalue weighted by molar-refractivity contribution is -0.148. The summed E-state index contributed by atoms with van der Waals surface area (Å²) in [6.45, 7) is 2.15. The van der Waals surface area contributed by atoms with E-state index >= 15 is 0 Å². The van der Waals surface area contributed by atoms with Crippen molar-refractivity contribution in [1.82, 2.24) is 9.71 Å². The Labute approximate surface area is 171 Å². The quantitative estimate of drug-likeness (QED) is 0.649. The fraction of sp³-hybridized carbons (Fsp3) is 0.389. The van der Waals surface area contributed by atoms with Crippen LogP contribution in [0.15, 0.2) is 30.3 Å². The van der Waals surface area contributed by atoms with Gasteiger partial charge in [0, 0.05) is 12.1 Å². The smallest absolute Gasteiger partial charge is 0.329 e. The van der Waals surface area contributed by atoms with Crippen molar-refractivity contribution in [2.45, 2.75) is 31.5 Å². The molecule has 1 unspecified atom stereocenters. The van der Waals surface area contributed by atoms with Gasteiger partial charge in [-0.1, -0.05) is 11.6 Å². The molecular formula is C18H20ClF4N3O2S. The van der Waals surface area contributed by atoms with E-state index in [4.69, 9.17) is 17.3 Å². The Morgan fingerprint density at radius 2 is 1.76 bits per heavy atom. The first kappa shape index (κ1) is 23.5. The summed E-state index contributed by atoms with van der Waals surface area (Å²) in [4.78, 5) is 4.05. The van der Waals surface area contributed by atoms with Crippen molar-refractivity contribution in [2.75, 3.05) is 12.8 Å². The van der Waals surface area contributed by atoms with Crippen LogP contribution < -0.4 is 10.5 Å². The van der Waals surface area contributed by atoms with Gasteiger partial charge in [0.2, 0.25) is 10.0 Å². The highest BCUT2D eigenvalue weighted by Gasteiger charge is 2.42. The molecule has 160 valence electrons. The van der Waals surface area contributed by atoms with E-state index in [9.17, 15) is 26.0 Å². The minimum atomic E-state index is -4.68. The first-order valence-corrected chi connectivity index (χ1v) is 10.6. The van der Waals surface area contributed by atoms with Crippen LogP contribution in [-0.2, 0) is 15.6 Å². The number of pyridine rings is 1. The zero-order valence-electron chi connectivity index (χ0n) is 15.8. The largest absolute Gasteiger partial charge is 0.398 e. The second-order valence-electron chi connectivity index (χ2n) is 7.09. The van der Waals surface area contributed by atoms with Gasteiger partial charge in [-0.25, -0.2) is 17.5 Å². The fourth-order valence-corrected chi connectivity index (χ4v) is 4.40. The second-order valence-corrected chi connectivity index (χ2v) is 9.22. The number of hydrogen-bond acceptors (Lipinski definition) is 4. The second kappa shape index (κ2) is 8.17. The molecule has 0 aliphatic heterocycles. The standard InChI is InChI=1S/C18H20ClF4N3O2S/c1-17(2,26-29(3,27)28)12-8-14(13(9-24)18(21,22)23)25-16(15(12)19)10-4-6-11(20)7-5-10/h4-8,13,26H,9,24H2,1-3H3. The number of benzene rings is 1. The lowest BCUT2D eigenvalue weighted by Gasteiger charge is -2.29. The van der Waals surface area contributed by atoms with Crippen LogP contribution in [0.25, 0.3) is 11.3 Å². The Kier molecular flexibility index (Phi) is 6.63. The summed E-state index contributed by atoms with van der Waals surface area (Å²) in [5, 5.41) is -0.0561. The number of alkyl halides is 3. The van der Waals surface area contributed by atoms with Gasteiger partial charge in [-0.2, -0.15) is 13.2 Å². The molecule has 0 radical (unpaired) electrons. The number of hydrogen-bond donors (Lipinski definition) is 2. The zero-order valence-corrected chi connectivity index (χ0v) is 17.4. The maximum atomic E-state index is 13.5. The molecule has 0 aliphatic carbocycles. The predicted octanol–water partition coefficient (Wildman–Crippen LogP) is 3.93. The molecule has 1 aromatic carbocycles. The van der Waals surface area contributed by atoms with E-state index in [1.807, 2.05) is 0 Å². The average Bonchev–Trinajstić information content (AvgIpc) is 2.54. The number of halogens is 5. The number of nitrogens with two attached hydrogens (primary N) is 1. The summed E-state index contributed by atoms with van der Waals surface area (Å²) in [6.07, 6.45) is -3.76. The highest BCUT2D eigenvalue weighted by Crippen LogP contribution is 2.40. The van der Waals surface area contributed by atoms with Crippen LogP contribution >= 0.6 is 11.6 Å². The summed E-state index contributed by atoms with van der Waals surface area (Å²) in [7, 11) is -3.72. The molecule has 2 aromatic rings. The topological polar surface area (TPSA) is 85.1 Å². The van der Waals surface area contributed by atoms with Gasteiger partial charge in [0.25, 0.3) is 0 Å². The molecule has 0 saturated heterocycles. The van der Waals surface area contributed by atoms with Crippen molar-refractivity contribution in [3.63, 3.8) is 0 Å². The fourth-order valence-electron chi connectivity index (χ4n) is 2.92. The third kappa shape index (κ3) is 5.65. The molecule has 5 nitrogen and oxygen atoms in total. The number of nitrogens with zero attached hydrogens (tertiary/aromatic N) is 1. The first-order valence-electron chi connectivity index (χ1n) is 8.38. The van der Waals surface area contributed by atoms with Crippen LogP contribution in [0.4, 0.5) is 17.6 Å². The normalized spacial score (nSPS) is 14.1. The Hall–Kier alpha value is -1.75. The molecule has 29 heavy (non-hydrogen) atoms. The van der Waals surface area contributed by atoms with Gasteiger partial charge in [0.05, 0.1) is 28.2 Å². The summed E-state index contributed by atoms with van der Waals surface area (Å²) < 4.78 is 79.6. The number of rotatable bonds is 6. The van der Waals surface area contributed by atoms with Crippen molar-refractivity contribution < 1.29 is 26.0 Å². The van der Waals surface area contributed by atoms with Crippen molar-refractivity contribution in [1.29, 1.82) is 0 Å². The van der Waals surface area contributed by atoms with Crippen molar-refractivity contribution in [2.24, 2.45) is 5.73 Å². The minimum absolute atomic E-state index is 0.0368. The Morgan fingerprint density at radius 3 is 2.21 bits per heavy atom. The zero-order chi connectivity index (χ0) is 22.2. The number of nitrogens with one attached hydrogen (secondary N) is 1. The number of aromatic nitrogens is 1. The molecule has 2 rings (SSSR count). The summed E-state index contributed by atoms with van der Waals surface area (Å²) in [5.74, 6) is -2.64. The summed E-state index contributed by atoms with van der Waals surface area (Å²) in [5.41, 5.74) is 3.88. The third-order valence-electron chi connectivity index (χ3n) is 4.20. The molecule has 0 fully saturated rings. The molecule has 0 spiro atoms. The van der Waals surface area contributed by atoms with Crippen LogP contribution in [0.1, 0.15) is 31.0 Å². The molecule has 0 bridgehead atoms. The van der Waals surface area contributed by atoms with Gasteiger partial charge in [0.15, 0.2) is 0 Å². The van der Waals surface area contributed by atoms with Crippen molar-refractivity contribution in [3.05, 3.63) is 52.4 Å². The Morgan fingerprint density at radius 1 is 1.21 bits per heavy atom. The highest BCUT2D eigenvalue weighted by atomic mass is 35.5. The molecule has 0 aliphatic rings. The minimum Gasteiger partial charge on any atom is -0.329 e. The number of sulfonamides is 1. The van der Waals surface area contributed by atoms with Crippen LogP contribution in [-0.4, -0.2) is 32.4 Å². The van der Waals surface area contributed by atoms with E-state index in [2.05, 4.69) is 9.71 Å². The van der Waals surface area contributed by atoms with E-state index in [1.54, 1.807) is 0 Å². The van der Waals surface area contributed by atoms with Crippen LogP contribution in [0, 0.1) is 5.82 Å². The summed E-state index contributed by atoms with van der Waals surface area (Å²) >= 11 is 6.43. The molecule has 1 aromatic heterocycles. The van der Waals surface area contributed by atoms with Gasteiger partial charge >= 0.3 is 6.18 Å². The van der Waals surface area contributed by atoms with Gasteiger partial charge in [-0.3, -0.25) is 4.98 Å². The lowest BCUT2D eigenvalue weighted by Crippen LogP contribution is -2.41. The van der Waals surface area contributed by atoms with Crippen molar-refractivity contribution in [3.8, 4) is 11.3 Å². The SMILES string of the molecule is CC(C)(NS(C)(=O)=O)c1cc(C(CN)C(F)(F)F)nc(-c2ccc(F)cc2)c1Cl. The van der Waals surface area contributed by atoms with Crippen LogP contribution in [0.3, 0.4) is 0 Å². The van der Waals surface area contributed by atoms with Gasteiger partial charge in [-0.05, 0) is 49.7 Å². The molecule has 0 saturated carbocycles. The summed E-state index contributed by atoms with van der Waals surface area (Å²) in [6, 6.07) is 5.96. The van der Waals surface area contributed by atoms with Gasteiger partial charge in [0.1, 0.15) is 11.7 Å². The van der Waals surface area contributed by atoms with E-state index in [0.29, 0.717) is 0 Å². The maximum Gasteiger partial charge on any atom is 0.398 e. The van der Waals surface area contributed by atoms with Crippen LogP contribution in [0.2, 0.25) is 5.02 Å². The molecule has 0 amide bonds. The Balaban J connectivity index is 2.80. The van der Waals surface area contributed by atoms with E-state index in [-0.39, 0.29) is 21.8 Å². The molecular weight excluding hydrogens is 434 g/mol. The lowest BCUT2D eigenvalue weighted by atomic mass is 9.91. The highest BCUT2D eigenvalue weighted by molar-refractivity contribution is 7.88. The molecule has 1 atom stereocenters. The molecule has 3 N–H and O–H groups in total. The first-order chi connectivity index (χ1) is 13.2. The van der Waals surface area contributed by atoms with E-state index in [1.165, 1.54) is 26.0 Å². The van der Waals surface area contributed by atoms with E-state index < -0.39 is 45.7 Å². The predicted molar refractivity (Wildman–Crippen MR) is 103 cm³/mol. The molecule has 1 heterocycles. The third-order valence-corrected chi connectivity index (χ3v) is 5.46. The van der Waals surface area contributed by atoms with Crippen molar-refractivity contribution >= 4 is 21.6 Å². The molecule has 11 heteroatoms. The average molecular weight is 454 g/mol. The van der Waals surface area contributed by atoms with E-state index in [0.717, 1.165) is 24.5 Å². The maximum absolute atomic E-state index is 13.5. The van der Waals surface area contributed by atoms with Gasteiger partial charge < -0.3 is 5.73 Å². The van der Waals surface area contributed by atoms with Crippen LogP contribution in [0.5, 0.6) is 0 Å².